The summed E-state index contributed by atoms with van der Waals surface area (Å²) in [6.45, 7) is 2.89. The summed E-state index contributed by atoms with van der Waals surface area (Å²) >= 11 is 17.8. The molecule has 15 heteroatoms. The number of benzene rings is 2. The number of hydrogen-bond acceptors (Lipinski definition) is 9. The summed E-state index contributed by atoms with van der Waals surface area (Å²) in [6, 6.07) is 17.0. The highest BCUT2D eigenvalue weighted by atomic mass is 35.5. The van der Waals surface area contributed by atoms with Crippen molar-refractivity contribution >= 4 is 52.4 Å². The summed E-state index contributed by atoms with van der Waals surface area (Å²) in [4.78, 5) is 40.0. The molecule has 0 N–H and O–H groups in total. The lowest BCUT2D eigenvalue weighted by Gasteiger charge is -2.27. The normalized spacial score (nSPS) is 12.1. The van der Waals surface area contributed by atoms with E-state index in [4.69, 9.17) is 53.8 Å². The molecule has 0 saturated carbocycles. The molecule has 2 amide bonds. The molecule has 2 aromatic carbocycles. The van der Waals surface area contributed by atoms with Crippen molar-refractivity contribution in [1.82, 2.24) is 15.0 Å². The van der Waals surface area contributed by atoms with Crippen molar-refractivity contribution in [2.24, 2.45) is 0 Å². The maximum Gasteiger partial charge on any atom is 0.275 e. The summed E-state index contributed by atoms with van der Waals surface area (Å²) in [5.41, 5.74) is 0. The second-order valence-corrected chi connectivity index (χ2v) is 11.1. The van der Waals surface area contributed by atoms with Crippen LogP contribution in [0.1, 0.15) is 13.8 Å². The Balaban J connectivity index is 1.27. The first-order valence-electron chi connectivity index (χ1n) is 14.0. The minimum atomic E-state index is -1.21. The number of carbonyl (C=O) groups excluding carboxylic acids is 2. The van der Waals surface area contributed by atoms with E-state index in [2.05, 4.69) is 15.0 Å². The third-order valence-corrected chi connectivity index (χ3v) is 7.05. The van der Waals surface area contributed by atoms with Gasteiger partial charge >= 0.3 is 0 Å². The Bertz CT molecular complexity index is 1820. The van der Waals surface area contributed by atoms with Gasteiger partial charge < -0.3 is 18.9 Å². The van der Waals surface area contributed by atoms with Crippen LogP contribution in [0.3, 0.4) is 0 Å². The zero-order valence-electron chi connectivity index (χ0n) is 24.9. The standard InChI is InChI=1S/C33H23Cl3F2N4O6/c1-18(45-22-5-9-24(10-6-22)47-30-27(37)14-20(34)16-40-30)32(43)42(29-26(36)4-3-13-39-29)33(44)19(2)46-23-7-11-25(12-8-23)48-31-28(38)15-21(35)17-41-31/h3-19H,1-2H3/t18-,19?/m1/s1. The number of nitrogens with zero attached hydrogens (tertiary/aromatic N) is 4. The largest absolute Gasteiger partial charge is 0.481 e. The van der Waals surface area contributed by atoms with Gasteiger partial charge in [-0.05, 0) is 86.6 Å². The second kappa shape index (κ2) is 15.2. The lowest BCUT2D eigenvalue weighted by molar-refractivity contribution is -0.133. The first-order chi connectivity index (χ1) is 23.0. The minimum Gasteiger partial charge on any atom is -0.481 e. The number of carbonyl (C=O) groups is 2. The smallest absolute Gasteiger partial charge is 0.275 e. The number of imide groups is 1. The van der Waals surface area contributed by atoms with Gasteiger partial charge in [0.2, 0.25) is 0 Å². The van der Waals surface area contributed by atoms with E-state index in [1.807, 2.05) is 0 Å². The van der Waals surface area contributed by atoms with Gasteiger partial charge in [-0.2, -0.15) is 0 Å². The van der Waals surface area contributed by atoms with Gasteiger partial charge in [0.05, 0.1) is 15.1 Å². The van der Waals surface area contributed by atoms with Crippen LogP contribution in [0.4, 0.5) is 14.6 Å². The van der Waals surface area contributed by atoms with E-state index in [0.717, 1.165) is 17.0 Å². The van der Waals surface area contributed by atoms with Crippen LogP contribution in [0, 0.1) is 11.6 Å². The molecule has 0 bridgehead atoms. The van der Waals surface area contributed by atoms with Crippen LogP contribution >= 0.6 is 34.8 Å². The van der Waals surface area contributed by atoms with E-state index in [1.54, 1.807) is 6.07 Å². The second-order valence-electron chi connectivity index (χ2n) is 9.87. The van der Waals surface area contributed by atoms with Gasteiger partial charge in [0.15, 0.2) is 29.7 Å². The zero-order chi connectivity index (χ0) is 34.4. The molecule has 5 rings (SSSR count). The Morgan fingerprint density at radius 3 is 1.48 bits per heavy atom. The fraction of sp³-hybridized carbons (Fsp3) is 0.121. The van der Waals surface area contributed by atoms with Crippen LogP contribution in [-0.2, 0) is 9.59 Å². The van der Waals surface area contributed by atoms with E-state index < -0.39 is 35.7 Å². The van der Waals surface area contributed by atoms with Crippen LogP contribution in [0.25, 0.3) is 0 Å². The number of rotatable bonds is 11. The first kappa shape index (κ1) is 34.3. The summed E-state index contributed by atoms with van der Waals surface area (Å²) in [5, 5.41) is 0.275. The SMILES string of the molecule is CC(Oc1ccc(Oc2ncc(Cl)cc2F)cc1)C(=O)N(C(=O)[C@@H](C)Oc1ccc(Oc2ncc(Cl)cc2F)cc1)c1ncccc1Cl. The molecule has 0 aliphatic carbocycles. The fourth-order valence-corrected chi connectivity index (χ4v) is 4.58. The van der Waals surface area contributed by atoms with Crippen LogP contribution < -0.4 is 23.8 Å². The Morgan fingerprint density at radius 2 is 1.08 bits per heavy atom. The Hall–Kier alpha value is -5.04. The molecule has 2 atom stereocenters. The Labute approximate surface area is 287 Å². The highest BCUT2D eigenvalue weighted by Gasteiger charge is 2.35. The molecule has 0 aliphatic heterocycles. The van der Waals surface area contributed by atoms with Gasteiger partial charge in [-0.1, -0.05) is 34.8 Å². The van der Waals surface area contributed by atoms with Crippen molar-refractivity contribution in [3.63, 3.8) is 0 Å². The maximum atomic E-state index is 14.1. The van der Waals surface area contributed by atoms with Crippen molar-refractivity contribution in [2.45, 2.75) is 26.1 Å². The minimum absolute atomic E-state index is 0.0349. The summed E-state index contributed by atoms with van der Waals surface area (Å²) in [5.74, 6) is -2.76. The highest BCUT2D eigenvalue weighted by Crippen LogP contribution is 2.30. The number of amides is 2. The zero-order valence-corrected chi connectivity index (χ0v) is 27.2. The Morgan fingerprint density at radius 1 is 0.667 bits per heavy atom. The molecule has 3 aromatic heterocycles. The van der Waals surface area contributed by atoms with E-state index >= 15 is 0 Å². The van der Waals surface area contributed by atoms with Gasteiger partial charge in [0.25, 0.3) is 23.6 Å². The Kier molecular flexibility index (Phi) is 10.9. The van der Waals surface area contributed by atoms with Gasteiger partial charge in [-0.25, -0.2) is 28.6 Å². The van der Waals surface area contributed by atoms with Crippen LogP contribution in [0.15, 0.2) is 91.4 Å². The number of ether oxygens (including phenoxy) is 4. The molecular weight excluding hydrogens is 693 g/mol. The maximum absolute atomic E-state index is 14.1. The predicted molar refractivity (Wildman–Crippen MR) is 173 cm³/mol. The van der Waals surface area contributed by atoms with Crippen LogP contribution in [0.5, 0.6) is 34.8 Å². The van der Waals surface area contributed by atoms with Crippen molar-refractivity contribution in [3.8, 4) is 34.8 Å². The third kappa shape index (κ3) is 8.45. The summed E-state index contributed by atoms with van der Waals surface area (Å²) in [7, 11) is 0. The molecule has 0 radical (unpaired) electrons. The number of anilines is 1. The summed E-state index contributed by atoms with van der Waals surface area (Å²) < 4.78 is 50.6. The molecular formula is C33H23Cl3F2N4O6. The molecule has 0 aliphatic rings. The molecule has 10 nitrogen and oxygen atoms in total. The molecule has 0 fully saturated rings. The van der Waals surface area contributed by atoms with E-state index in [9.17, 15) is 18.4 Å². The first-order valence-corrected chi connectivity index (χ1v) is 15.1. The highest BCUT2D eigenvalue weighted by molar-refractivity contribution is 6.35. The van der Waals surface area contributed by atoms with Crippen molar-refractivity contribution in [2.75, 3.05) is 4.90 Å². The lowest BCUT2D eigenvalue weighted by Crippen LogP contribution is -2.49. The topological polar surface area (TPSA) is 113 Å². The number of hydrogen-bond donors (Lipinski definition) is 0. The molecule has 48 heavy (non-hydrogen) atoms. The average Bonchev–Trinajstić information content (AvgIpc) is 3.06. The third-order valence-electron chi connectivity index (χ3n) is 6.34. The van der Waals surface area contributed by atoms with Crippen molar-refractivity contribution < 1.29 is 37.3 Å². The van der Waals surface area contributed by atoms with E-state index in [0.29, 0.717) is 0 Å². The quantitative estimate of drug-likeness (QED) is 0.133. The number of halogens is 5. The van der Waals surface area contributed by atoms with Gasteiger partial charge in [0, 0.05) is 18.6 Å². The van der Waals surface area contributed by atoms with E-state index in [1.165, 1.54) is 87.0 Å². The molecule has 0 spiro atoms. The molecule has 3 heterocycles. The lowest BCUT2D eigenvalue weighted by atomic mass is 10.2. The molecule has 246 valence electrons. The fourth-order valence-electron chi connectivity index (χ4n) is 4.08. The van der Waals surface area contributed by atoms with Crippen molar-refractivity contribution in [1.29, 1.82) is 0 Å². The van der Waals surface area contributed by atoms with Crippen molar-refractivity contribution in [3.05, 3.63) is 118 Å². The molecule has 0 saturated heterocycles. The van der Waals surface area contributed by atoms with E-state index in [-0.39, 0.29) is 55.6 Å². The predicted octanol–water partition coefficient (Wildman–Crippen LogP) is 8.49. The monoisotopic (exact) mass is 714 g/mol. The summed E-state index contributed by atoms with van der Waals surface area (Å²) in [6.07, 6.45) is 1.45. The van der Waals surface area contributed by atoms with Crippen LogP contribution in [0.2, 0.25) is 15.1 Å². The van der Waals surface area contributed by atoms with Gasteiger partial charge in [-0.15, -0.1) is 0 Å². The number of aromatic nitrogens is 3. The average molecular weight is 716 g/mol. The molecule has 1 unspecified atom stereocenters. The van der Waals surface area contributed by atoms with Gasteiger partial charge in [0.1, 0.15) is 23.0 Å². The number of pyridine rings is 3. The molecule has 5 aromatic rings. The van der Waals surface area contributed by atoms with Gasteiger partial charge in [-0.3, -0.25) is 9.59 Å². The van der Waals surface area contributed by atoms with Crippen LogP contribution in [-0.4, -0.2) is 39.0 Å².